The van der Waals surface area contributed by atoms with Crippen molar-refractivity contribution in [3.8, 4) is 28.3 Å². The Hall–Kier alpha value is -3.71. The number of nitrogens with one attached hydrogen (secondary N) is 1. The molecule has 1 N–H and O–H groups in total. The van der Waals surface area contributed by atoms with Crippen LogP contribution in [0.2, 0.25) is 0 Å². The number of hydrogen-bond acceptors (Lipinski definition) is 6. The zero-order valence-corrected chi connectivity index (χ0v) is 18.4. The fraction of sp³-hybridized carbons (Fsp3) is 0.120. The molecule has 0 fully saturated rings. The van der Waals surface area contributed by atoms with E-state index in [1.807, 2.05) is 84.9 Å². The van der Waals surface area contributed by atoms with Gasteiger partial charge in [-0.25, -0.2) is 4.98 Å². The second kappa shape index (κ2) is 10.5. The maximum atomic E-state index is 12.4. The molecule has 3 aromatic carbocycles. The lowest BCUT2D eigenvalue weighted by atomic mass is 10.0. The van der Waals surface area contributed by atoms with E-state index in [-0.39, 0.29) is 11.7 Å². The van der Waals surface area contributed by atoms with Crippen LogP contribution in [0.5, 0.6) is 5.75 Å². The molecule has 1 amide bonds. The lowest BCUT2D eigenvalue weighted by Crippen LogP contribution is -2.25. The Morgan fingerprint density at radius 2 is 1.47 bits per heavy atom. The van der Waals surface area contributed by atoms with Crippen LogP contribution in [0.25, 0.3) is 22.5 Å². The molecular weight excluding hydrogens is 420 g/mol. The summed E-state index contributed by atoms with van der Waals surface area (Å²) in [5, 5.41) is 12.1. The summed E-state index contributed by atoms with van der Waals surface area (Å²) in [4.78, 5) is 17.1. The first-order chi connectivity index (χ1) is 15.7. The standard InChI is InChI=1S/C25H22N4O2S/c1-31-21-15-9-8-14-20(21)16-26-22(30)17-32-25-27-23(18-10-4-2-5-11-18)24(28-29-25)19-12-6-3-7-13-19/h2-15H,16-17H2,1H3,(H,26,30). The monoisotopic (exact) mass is 442 g/mol. The second-order valence-corrected chi connectivity index (χ2v) is 7.84. The van der Waals surface area contributed by atoms with Gasteiger partial charge in [0.25, 0.3) is 0 Å². The van der Waals surface area contributed by atoms with E-state index in [4.69, 9.17) is 9.72 Å². The highest BCUT2D eigenvalue weighted by Gasteiger charge is 2.14. The molecule has 6 nitrogen and oxygen atoms in total. The van der Waals surface area contributed by atoms with Gasteiger partial charge in [-0.15, -0.1) is 10.2 Å². The van der Waals surface area contributed by atoms with Gasteiger partial charge < -0.3 is 10.1 Å². The summed E-state index contributed by atoms with van der Waals surface area (Å²) in [5.41, 5.74) is 4.26. The van der Waals surface area contributed by atoms with E-state index in [0.717, 1.165) is 28.1 Å². The summed E-state index contributed by atoms with van der Waals surface area (Å²) in [6.07, 6.45) is 0. The van der Waals surface area contributed by atoms with Crippen LogP contribution in [0.15, 0.2) is 90.1 Å². The van der Waals surface area contributed by atoms with Gasteiger partial charge in [0.1, 0.15) is 17.1 Å². The van der Waals surface area contributed by atoms with E-state index < -0.39 is 0 Å². The van der Waals surface area contributed by atoms with Gasteiger partial charge in [-0.05, 0) is 6.07 Å². The number of methoxy groups -OCH3 is 1. The smallest absolute Gasteiger partial charge is 0.230 e. The van der Waals surface area contributed by atoms with Crippen LogP contribution in [-0.2, 0) is 11.3 Å². The number of benzene rings is 3. The summed E-state index contributed by atoms with van der Waals surface area (Å²) in [6.45, 7) is 0.394. The Morgan fingerprint density at radius 3 is 2.16 bits per heavy atom. The molecule has 1 aromatic heterocycles. The van der Waals surface area contributed by atoms with Gasteiger partial charge in [-0.1, -0.05) is 90.6 Å². The second-order valence-electron chi connectivity index (χ2n) is 6.90. The minimum Gasteiger partial charge on any atom is -0.496 e. The lowest BCUT2D eigenvalue weighted by Gasteiger charge is -2.10. The first-order valence-electron chi connectivity index (χ1n) is 10.1. The molecular formula is C25H22N4O2S. The molecule has 0 spiro atoms. The number of amides is 1. The molecule has 160 valence electrons. The molecule has 4 rings (SSSR count). The SMILES string of the molecule is COc1ccccc1CNC(=O)CSc1nnc(-c2ccccc2)c(-c2ccccc2)n1. The fourth-order valence-electron chi connectivity index (χ4n) is 3.18. The minimum atomic E-state index is -0.113. The number of aromatic nitrogens is 3. The van der Waals surface area contributed by atoms with Gasteiger partial charge in [-0.2, -0.15) is 0 Å². The van der Waals surface area contributed by atoms with E-state index in [1.54, 1.807) is 7.11 Å². The van der Waals surface area contributed by atoms with Crippen molar-refractivity contribution in [3.63, 3.8) is 0 Å². The highest BCUT2D eigenvalue weighted by molar-refractivity contribution is 7.99. The average Bonchev–Trinajstić information content (AvgIpc) is 2.87. The maximum absolute atomic E-state index is 12.4. The molecule has 0 unspecified atom stereocenters. The third-order valence-electron chi connectivity index (χ3n) is 4.76. The lowest BCUT2D eigenvalue weighted by molar-refractivity contribution is -0.118. The first-order valence-corrected chi connectivity index (χ1v) is 11.1. The zero-order valence-electron chi connectivity index (χ0n) is 17.6. The van der Waals surface area contributed by atoms with Gasteiger partial charge in [0.15, 0.2) is 0 Å². The molecule has 0 aliphatic heterocycles. The van der Waals surface area contributed by atoms with Crippen LogP contribution in [0.4, 0.5) is 0 Å². The molecule has 0 saturated heterocycles. The third-order valence-corrected chi connectivity index (χ3v) is 5.60. The predicted molar refractivity (Wildman–Crippen MR) is 126 cm³/mol. The topological polar surface area (TPSA) is 77.0 Å². The minimum absolute atomic E-state index is 0.113. The number of nitrogens with zero attached hydrogens (tertiary/aromatic N) is 3. The Bertz CT molecular complexity index is 1190. The van der Waals surface area contributed by atoms with Crippen molar-refractivity contribution in [3.05, 3.63) is 90.5 Å². The summed E-state index contributed by atoms with van der Waals surface area (Å²) in [5.74, 6) is 0.824. The first kappa shape index (κ1) is 21.5. The van der Waals surface area contributed by atoms with Crippen LogP contribution >= 0.6 is 11.8 Å². The van der Waals surface area contributed by atoms with Crippen molar-refractivity contribution in [2.75, 3.05) is 12.9 Å². The van der Waals surface area contributed by atoms with Crippen molar-refractivity contribution in [1.82, 2.24) is 20.5 Å². The molecule has 32 heavy (non-hydrogen) atoms. The number of hydrogen-bond donors (Lipinski definition) is 1. The molecule has 0 aliphatic rings. The van der Waals surface area contributed by atoms with Crippen molar-refractivity contribution in [2.24, 2.45) is 0 Å². The highest BCUT2D eigenvalue weighted by Crippen LogP contribution is 2.29. The molecule has 0 radical (unpaired) electrons. The molecule has 0 saturated carbocycles. The summed E-state index contributed by atoms with van der Waals surface area (Å²) in [7, 11) is 1.62. The number of carbonyl (C=O) groups is 1. The van der Waals surface area contributed by atoms with Crippen LogP contribution in [0.3, 0.4) is 0 Å². The predicted octanol–water partition coefficient (Wildman–Crippen LogP) is 4.62. The van der Waals surface area contributed by atoms with Gasteiger partial charge in [-0.3, -0.25) is 4.79 Å². The van der Waals surface area contributed by atoms with E-state index in [1.165, 1.54) is 11.8 Å². The molecule has 1 heterocycles. The van der Waals surface area contributed by atoms with Crippen LogP contribution in [0, 0.1) is 0 Å². The normalized spacial score (nSPS) is 10.5. The summed E-state index contributed by atoms with van der Waals surface area (Å²) >= 11 is 1.26. The molecule has 0 aliphatic carbocycles. The van der Waals surface area contributed by atoms with E-state index in [2.05, 4.69) is 15.5 Å². The van der Waals surface area contributed by atoms with Crippen LogP contribution in [0.1, 0.15) is 5.56 Å². The van der Waals surface area contributed by atoms with Crippen molar-refractivity contribution in [1.29, 1.82) is 0 Å². The molecule has 0 bridgehead atoms. The number of ether oxygens (including phenoxy) is 1. The van der Waals surface area contributed by atoms with Crippen LogP contribution < -0.4 is 10.1 Å². The fourth-order valence-corrected chi connectivity index (χ4v) is 3.80. The Labute approximate surface area is 191 Å². The van der Waals surface area contributed by atoms with Gasteiger partial charge in [0.05, 0.1) is 12.9 Å². The van der Waals surface area contributed by atoms with Gasteiger partial charge >= 0.3 is 0 Å². The molecule has 7 heteroatoms. The van der Waals surface area contributed by atoms with E-state index >= 15 is 0 Å². The van der Waals surface area contributed by atoms with E-state index in [9.17, 15) is 4.79 Å². The van der Waals surface area contributed by atoms with Gasteiger partial charge in [0.2, 0.25) is 11.1 Å². The van der Waals surface area contributed by atoms with E-state index in [0.29, 0.717) is 17.4 Å². The number of carbonyl (C=O) groups excluding carboxylic acids is 1. The maximum Gasteiger partial charge on any atom is 0.230 e. The zero-order chi connectivity index (χ0) is 22.2. The molecule has 4 aromatic rings. The summed E-state index contributed by atoms with van der Waals surface area (Å²) < 4.78 is 5.33. The van der Waals surface area contributed by atoms with Gasteiger partial charge in [0, 0.05) is 23.2 Å². The largest absolute Gasteiger partial charge is 0.496 e. The Kier molecular flexibility index (Phi) is 7.09. The number of thioether (sulfide) groups is 1. The van der Waals surface area contributed by atoms with Crippen molar-refractivity contribution < 1.29 is 9.53 Å². The highest BCUT2D eigenvalue weighted by atomic mass is 32.2. The van der Waals surface area contributed by atoms with Crippen LogP contribution in [-0.4, -0.2) is 34.0 Å². The quantitative estimate of drug-likeness (QED) is 0.401. The average molecular weight is 443 g/mol. The number of para-hydroxylation sites is 1. The third kappa shape index (κ3) is 5.31. The number of rotatable bonds is 8. The van der Waals surface area contributed by atoms with Crippen molar-refractivity contribution >= 4 is 17.7 Å². The Balaban J connectivity index is 1.48. The Morgan fingerprint density at radius 1 is 0.844 bits per heavy atom. The molecule has 0 atom stereocenters. The summed E-state index contributed by atoms with van der Waals surface area (Å²) in [6, 6.07) is 27.3. The van der Waals surface area contributed by atoms with Crippen molar-refractivity contribution in [2.45, 2.75) is 11.7 Å².